The molecule has 2 atom stereocenters. The lowest BCUT2D eigenvalue weighted by molar-refractivity contribution is 0.161. The van der Waals surface area contributed by atoms with Gasteiger partial charge in [-0.3, -0.25) is 0 Å². The first-order valence-corrected chi connectivity index (χ1v) is 8.17. The van der Waals surface area contributed by atoms with Crippen LogP contribution in [0.3, 0.4) is 0 Å². The van der Waals surface area contributed by atoms with Gasteiger partial charge in [0.1, 0.15) is 11.9 Å². The Morgan fingerprint density at radius 2 is 1.75 bits per heavy atom. The summed E-state index contributed by atoms with van der Waals surface area (Å²) in [6, 6.07) is 11.7. The molecule has 104 valence electrons. The second-order valence-electron chi connectivity index (χ2n) is 4.80. The number of hydrogen-bond donors (Lipinski definition) is 1. The largest absolute Gasteiger partial charge is 0.485 e. The highest BCUT2D eigenvalue weighted by atomic mass is 79.9. The van der Waals surface area contributed by atoms with E-state index in [1.54, 1.807) is 0 Å². The zero-order valence-electron chi connectivity index (χ0n) is 10.4. The summed E-state index contributed by atoms with van der Waals surface area (Å²) in [5.74, 6) is 0.830. The molecule has 1 unspecified atom stereocenters. The normalized spacial score (nSPS) is 21.2. The standard InChI is InChI=1S/C15H12Br2ClNO/c16-8-2-4-14-11(5-8)13(19)7-15(20-14)10-3-1-9(17)6-12(10)18/h1-6,13,15H,7,19H2/t13-,15?/m0/s1. The van der Waals surface area contributed by atoms with Gasteiger partial charge >= 0.3 is 0 Å². The molecule has 0 amide bonds. The van der Waals surface area contributed by atoms with E-state index < -0.39 is 0 Å². The molecule has 1 aliphatic rings. The fourth-order valence-electron chi connectivity index (χ4n) is 2.43. The molecule has 0 fully saturated rings. The van der Waals surface area contributed by atoms with Gasteiger partial charge in [0.05, 0.1) is 0 Å². The molecule has 0 spiro atoms. The molecule has 1 aliphatic heterocycles. The van der Waals surface area contributed by atoms with Crippen molar-refractivity contribution in [3.05, 3.63) is 61.5 Å². The fourth-order valence-corrected chi connectivity index (χ4v) is 3.60. The quantitative estimate of drug-likeness (QED) is 0.675. The van der Waals surface area contributed by atoms with Crippen LogP contribution in [-0.2, 0) is 0 Å². The zero-order valence-corrected chi connectivity index (χ0v) is 14.4. The molecule has 2 nitrogen and oxygen atoms in total. The third-order valence-electron chi connectivity index (χ3n) is 3.42. The average Bonchev–Trinajstić information content (AvgIpc) is 2.39. The second kappa shape index (κ2) is 5.68. The van der Waals surface area contributed by atoms with Gasteiger partial charge in [-0.25, -0.2) is 0 Å². The third kappa shape index (κ3) is 2.75. The maximum Gasteiger partial charge on any atom is 0.127 e. The Morgan fingerprint density at radius 3 is 2.50 bits per heavy atom. The van der Waals surface area contributed by atoms with Crippen LogP contribution >= 0.6 is 43.5 Å². The van der Waals surface area contributed by atoms with Gasteiger partial charge in [-0.15, -0.1) is 0 Å². The molecule has 0 saturated carbocycles. The number of hydrogen-bond acceptors (Lipinski definition) is 2. The molecule has 2 N–H and O–H groups in total. The van der Waals surface area contributed by atoms with Crippen LogP contribution in [-0.4, -0.2) is 0 Å². The summed E-state index contributed by atoms with van der Waals surface area (Å²) in [4.78, 5) is 0. The lowest BCUT2D eigenvalue weighted by atomic mass is 9.93. The summed E-state index contributed by atoms with van der Waals surface area (Å²) in [6.07, 6.45) is 0.601. The van der Waals surface area contributed by atoms with E-state index in [0.717, 1.165) is 25.8 Å². The van der Waals surface area contributed by atoms with Crippen LogP contribution in [0.25, 0.3) is 0 Å². The van der Waals surface area contributed by atoms with E-state index in [0.29, 0.717) is 11.4 Å². The van der Waals surface area contributed by atoms with Gasteiger partial charge in [0.2, 0.25) is 0 Å². The predicted molar refractivity (Wildman–Crippen MR) is 88.2 cm³/mol. The van der Waals surface area contributed by atoms with Gasteiger partial charge in [-0.05, 0) is 30.3 Å². The Hall–Kier alpha value is -0.550. The monoisotopic (exact) mass is 415 g/mol. The second-order valence-corrected chi connectivity index (χ2v) is 7.04. The first kappa shape index (κ1) is 14.4. The molecular weight excluding hydrogens is 405 g/mol. The van der Waals surface area contributed by atoms with Gasteiger partial charge in [0.15, 0.2) is 0 Å². The summed E-state index contributed by atoms with van der Waals surface area (Å²) >= 11 is 13.2. The van der Waals surface area contributed by atoms with Gasteiger partial charge < -0.3 is 10.5 Å². The van der Waals surface area contributed by atoms with E-state index in [9.17, 15) is 0 Å². The van der Waals surface area contributed by atoms with E-state index in [-0.39, 0.29) is 12.1 Å². The van der Waals surface area contributed by atoms with Crippen molar-refractivity contribution in [1.82, 2.24) is 0 Å². The lowest BCUT2D eigenvalue weighted by Gasteiger charge is -2.31. The number of fused-ring (bicyclic) bond motifs is 1. The smallest absolute Gasteiger partial charge is 0.127 e. The molecule has 0 saturated heterocycles. The molecule has 0 bridgehead atoms. The van der Waals surface area contributed by atoms with Gasteiger partial charge in [-0.2, -0.15) is 0 Å². The first-order valence-electron chi connectivity index (χ1n) is 6.21. The molecule has 3 rings (SSSR count). The van der Waals surface area contributed by atoms with E-state index >= 15 is 0 Å². The van der Waals surface area contributed by atoms with Crippen LogP contribution in [0.4, 0.5) is 0 Å². The molecule has 2 aromatic rings. The van der Waals surface area contributed by atoms with E-state index in [2.05, 4.69) is 31.9 Å². The van der Waals surface area contributed by atoms with Crippen molar-refractivity contribution >= 4 is 43.5 Å². The third-order valence-corrected chi connectivity index (χ3v) is 4.73. The van der Waals surface area contributed by atoms with E-state index in [1.807, 2.05) is 36.4 Å². The van der Waals surface area contributed by atoms with Crippen molar-refractivity contribution in [3.8, 4) is 5.75 Å². The summed E-state index contributed by atoms with van der Waals surface area (Å²) in [5.41, 5.74) is 8.27. The minimum atomic E-state index is -0.112. The van der Waals surface area contributed by atoms with Crippen LogP contribution < -0.4 is 10.5 Å². The maximum atomic E-state index is 6.30. The highest BCUT2D eigenvalue weighted by molar-refractivity contribution is 9.10. The van der Waals surface area contributed by atoms with Gasteiger partial charge in [0, 0.05) is 37.6 Å². The average molecular weight is 418 g/mol. The highest BCUT2D eigenvalue weighted by Crippen LogP contribution is 2.42. The summed E-state index contributed by atoms with van der Waals surface area (Å²) in [7, 11) is 0. The van der Waals surface area contributed by atoms with Crippen LogP contribution in [0, 0.1) is 0 Å². The van der Waals surface area contributed by atoms with Crippen molar-refractivity contribution in [2.75, 3.05) is 0 Å². The Morgan fingerprint density at radius 1 is 1.05 bits per heavy atom. The predicted octanol–water partition coefficient (Wildman–Crippen LogP) is 5.39. The highest BCUT2D eigenvalue weighted by Gasteiger charge is 2.28. The lowest BCUT2D eigenvalue weighted by Crippen LogP contribution is -2.24. The summed E-state index contributed by atoms with van der Waals surface area (Å²) in [5, 5.41) is 0.692. The van der Waals surface area contributed by atoms with E-state index in [1.165, 1.54) is 0 Å². The SMILES string of the molecule is N[C@H]1CC(c2ccc(Br)cc2Cl)Oc2ccc(Br)cc21. The topological polar surface area (TPSA) is 35.2 Å². The first-order chi connectivity index (χ1) is 9.54. The van der Waals surface area contributed by atoms with Crippen LogP contribution in [0.15, 0.2) is 45.3 Å². The van der Waals surface area contributed by atoms with E-state index in [4.69, 9.17) is 22.1 Å². The molecule has 0 radical (unpaired) electrons. The zero-order chi connectivity index (χ0) is 14.3. The Labute approximate surface area is 139 Å². The van der Waals surface area contributed by atoms with Crippen LogP contribution in [0.5, 0.6) is 5.75 Å². The summed E-state index contributed by atoms with van der Waals surface area (Å²) < 4.78 is 8.03. The van der Waals surface area contributed by atoms with Crippen molar-refractivity contribution in [2.24, 2.45) is 5.73 Å². The summed E-state index contributed by atoms with van der Waals surface area (Å²) in [6.45, 7) is 0. The molecule has 1 heterocycles. The Kier molecular flexibility index (Phi) is 4.09. The Bertz CT molecular complexity index is 662. The molecule has 2 aromatic carbocycles. The van der Waals surface area contributed by atoms with Crippen molar-refractivity contribution < 1.29 is 4.74 Å². The van der Waals surface area contributed by atoms with Crippen molar-refractivity contribution in [3.63, 3.8) is 0 Å². The molecular formula is C15H12Br2ClNO. The number of rotatable bonds is 1. The molecule has 5 heteroatoms. The van der Waals surface area contributed by atoms with Gasteiger partial charge in [0.25, 0.3) is 0 Å². The number of nitrogens with two attached hydrogens (primary N) is 1. The minimum absolute atomic E-state index is 0.0547. The van der Waals surface area contributed by atoms with Crippen LogP contribution in [0.1, 0.15) is 29.7 Å². The number of benzene rings is 2. The van der Waals surface area contributed by atoms with Crippen molar-refractivity contribution in [2.45, 2.75) is 18.6 Å². The molecule has 0 aliphatic carbocycles. The fraction of sp³-hybridized carbons (Fsp3) is 0.200. The molecule has 0 aromatic heterocycles. The Balaban J connectivity index is 1.97. The maximum absolute atomic E-state index is 6.30. The number of ether oxygens (including phenoxy) is 1. The number of halogens is 3. The van der Waals surface area contributed by atoms with Crippen LogP contribution in [0.2, 0.25) is 5.02 Å². The minimum Gasteiger partial charge on any atom is -0.485 e. The molecule has 20 heavy (non-hydrogen) atoms. The van der Waals surface area contributed by atoms with Crippen molar-refractivity contribution in [1.29, 1.82) is 0 Å². The van der Waals surface area contributed by atoms with Gasteiger partial charge in [-0.1, -0.05) is 49.5 Å².